The van der Waals surface area contributed by atoms with Crippen molar-refractivity contribution in [2.75, 3.05) is 0 Å². The van der Waals surface area contributed by atoms with Gasteiger partial charge in [0.2, 0.25) is 5.91 Å². The van der Waals surface area contributed by atoms with Gasteiger partial charge in [-0.2, -0.15) is 0 Å². The van der Waals surface area contributed by atoms with Gasteiger partial charge in [-0.1, -0.05) is 35.9 Å². The maximum absolute atomic E-state index is 11.2. The zero-order valence-corrected chi connectivity index (χ0v) is 13.8. The van der Waals surface area contributed by atoms with Crippen LogP contribution in [0.2, 0.25) is 5.02 Å². The number of primary amides is 1. The van der Waals surface area contributed by atoms with Gasteiger partial charge >= 0.3 is 0 Å². The first kappa shape index (κ1) is 15.4. The van der Waals surface area contributed by atoms with E-state index in [-0.39, 0.29) is 0 Å². The number of fused-ring (bicyclic) bond motifs is 1. The summed E-state index contributed by atoms with van der Waals surface area (Å²) in [6, 6.07) is 14.6. The molecule has 2 N–H and O–H groups in total. The fourth-order valence-corrected chi connectivity index (χ4v) is 2.80. The number of nitrogens with two attached hydrogens (primary N) is 1. The number of nitrogens with zero attached hydrogens (tertiary/aromatic N) is 3. The van der Waals surface area contributed by atoms with Crippen LogP contribution < -0.4 is 5.73 Å². The molecule has 0 atom stereocenters. The molecule has 1 amide bonds. The van der Waals surface area contributed by atoms with E-state index in [1.165, 1.54) is 0 Å². The van der Waals surface area contributed by atoms with E-state index in [9.17, 15) is 4.79 Å². The van der Waals surface area contributed by atoms with Crippen LogP contribution in [0.5, 0.6) is 0 Å². The number of hydrogen-bond donors (Lipinski definition) is 1. The van der Waals surface area contributed by atoms with Gasteiger partial charge in [-0.15, -0.1) is 0 Å². The highest BCUT2D eigenvalue weighted by Crippen LogP contribution is 2.25. The molecule has 6 heteroatoms. The van der Waals surface area contributed by atoms with Gasteiger partial charge in [-0.25, -0.2) is 4.98 Å². The number of carbonyl (C=O) groups is 1. The predicted molar refractivity (Wildman–Crippen MR) is 97.4 cm³/mol. The van der Waals surface area contributed by atoms with Gasteiger partial charge < -0.3 is 5.73 Å². The van der Waals surface area contributed by atoms with Crippen LogP contribution in [-0.2, 0) is 0 Å². The first-order valence-electron chi connectivity index (χ1n) is 7.61. The van der Waals surface area contributed by atoms with Crippen LogP contribution in [0.4, 0.5) is 0 Å². The number of halogens is 1. The molecule has 4 aromatic rings. The Labute approximate surface area is 148 Å². The minimum Gasteiger partial charge on any atom is -0.366 e. The van der Waals surface area contributed by atoms with Crippen molar-refractivity contribution in [1.82, 2.24) is 14.4 Å². The molecule has 25 heavy (non-hydrogen) atoms. The summed E-state index contributed by atoms with van der Waals surface area (Å²) in [6.07, 6.45) is 5.45. The SMILES string of the molecule is NC(=O)c1ccc(-c2cn3c(-c4ccc(Cl)cc4)cnc3cn2)cc1. The molecule has 0 aliphatic rings. The van der Waals surface area contributed by atoms with Crippen LogP contribution in [0.1, 0.15) is 10.4 Å². The Hall–Kier alpha value is -3.18. The van der Waals surface area contributed by atoms with Crippen molar-refractivity contribution in [3.63, 3.8) is 0 Å². The van der Waals surface area contributed by atoms with Gasteiger partial charge in [0, 0.05) is 27.9 Å². The third-order valence-electron chi connectivity index (χ3n) is 4.00. The Morgan fingerprint density at radius 3 is 2.28 bits per heavy atom. The molecular weight excluding hydrogens is 336 g/mol. The number of carbonyl (C=O) groups excluding carboxylic acids is 1. The van der Waals surface area contributed by atoms with Crippen molar-refractivity contribution in [3.8, 4) is 22.5 Å². The molecule has 0 saturated carbocycles. The molecule has 0 radical (unpaired) electrons. The lowest BCUT2D eigenvalue weighted by Crippen LogP contribution is -2.10. The number of amides is 1. The van der Waals surface area contributed by atoms with Gasteiger partial charge in [-0.3, -0.25) is 14.2 Å². The largest absolute Gasteiger partial charge is 0.366 e. The van der Waals surface area contributed by atoms with Crippen molar-refractivity contribution in [2.45, 2.75) is 0 Å². The third kappa shape index (κ3) is 2.86. The number of aromatic nitrogens is 3. The molecule has 2 aromatic carbocycles. The van der Waals surface area contributed by atoms with Crippen molar-refractivity contribution in [2.24, 2.45) is 5.73 Å². The van der Waals surface area contributed by atoms with Crippen LogP contribution in [0.25, 0.3) is 28.2 Å². The molecule has 4 rings (SSSR count). The highest BCUT2D eigenvalue weighted by Gasteiger charge is 2.09. The Morgan fingerprint density at radius 1 is 0.920 bits per heavy atom. The second-order valence-corrected chi connectivity index (χ2v) is 6.03. The summed E-state index contributed by atoms with van der Waals surface area (Å²) in [6.45, 7) is 0. The van der Waals surface area contributed by atoms with Crippen molar-refractivity contribution < 1.29 is 4.79 Å². The Balaban J connectivity index is 1.80. The molecule has 122 valence electrons. The maximum Gasteiger partial charge on any atom is 0.248 e. The molecule has 0 spiro atoms. The van der Waals surface area contributed by atoms with E-state index in [1.807, 2.05) is 47.0 Å². The monoisotopic (exact) mass is 348 g/mol. The summed E-state index contributed by atoms with van der Waals surface area (Å²) in [5.41, 5.74) is 10.1. The van der Waals surface area contributed by atoms with Crippen LogP contribution in [-0.4, -0.2) is 20.3 Å². The number of rotatable bonds is 3. The fourth-order valence-electron chi connectivity index (χ4n) is 2.68. The maximum atomic E-state index is 11.2. The highest BCUT2D eigenvalue weighted by atomic mass is 35.5. The van der Waals surface area contributed by atoms with Crippen molar-refractivity contribution >= 4 is 23.2 Å². The molecule has 5 nitrogen and oxygen atoms in total. The second-order valence-electron chi connectivity index (χ2n) is 5.59. The molecule has 2 aromatic heterocycles. The highest BCUT2D eigenvalue weighted by molar-refractivity contribution is 6.30. The summed E-state index contributed by atoms with van der Waals surface area (Å²) in [5, 5.41) is 0.689. The van der Waals surface area contributed by atoms with Gasteiger partial charge in [0.25, 0.3) is 0 Å². The van der Waals surface area contributed by atoms with E-state index < -0.39 is 5.91 Å². The minimum atomic E-state index is -0.449. The molecule has 0 bridgehead atoms. The minimum absolute atomic E-state index is 0.449. The van der Waals surface area contributed by atoms with E-state index in [2.05, 4.69) is 9.97 Å². The van der Waals surface area contributed by atoms with Gasteiger partial charge in [0.1, 0.15) is 0 Å². The van der Waals surface area contributed by atoms with Crippen LogP contribution in [0.15, 0.2) is 67.1 Å². The van der Waals surface area contributed by atoms with Crippen LogP contribution in [0, 0.1) is 0 Å². The number of hydrogen-bond acceptors (Lipinski definition) is 3. The molecule has 0 fully saturated rings. The Bertz CT molecular complexity index is 1070. The zero-order chi connectivity index (χ0) is 17.4. The van der Waals surface area contributed by atoms with Gasteiger partial charge in [0.15, 0.2) is 5.65 Å². The molecule has 0 saturated heterocycles. The normalized spacial score (nSPS) is 10.9. The van der Waals surface area contributed by atoms with Crippen molar-refractivity contribution in [1.29, 1.82) is 0 Å². The van der Waals surface area contributed by atoms with Gasteiger partial charge in [-0.05, 0) is 24.3 Å². The standard InChI is InChI=1S/C19H13ClN4O/c20-15-7-5-13(6-8-15)17-9-23-18-10-22-16(11-24(17)18)12-1-3-14(4-2-12)19(21)25/h1-11H,(H2,21,25). The molecular formula is C19H13ClN4O. The summed E-state index contributed by atoms with van der Waals surface area (Å²) in [4.78, 5) is 20.0. The molecule has 0 aliphatic heterocycles. The van der Waals surface area contributed by atoms with E-state index >= 15 is 0 Å². The fraction of sp³-hybridized carbons (Fsp3) is 0. The Morgan fingerprint density at radius 2 is 1.60 bits per heavy atom. The first-order valence-corrected chi connectivity index (χ1v) is 7.99. The summed E-state index contributed by atoms with van der Waals surface area (Å²) in [7, 11) is 0. The van der Waals surface area contributed by atoms with Gasteiger partial charge in [0.05, 0.1) is 23.8 Å². The quantitative estimate of drug-likeness (QED) is 0.611. The predicted octanol–water partition coefficient (Wildman–Crippen LogP) is 3.82. The van der Waals surface area contributed by atoms with Crippen LogP contribution >= 0.6 is 11.6 Å². The zero-order valence-electron chi connectivity index (χ0n) is 13.1. The lowest BCUT2D eigenvalue weighted by atomic mass is 10.1. The van der Waals surface area contributed by atoms with Crippen molar-refractivity contribution in [3.05, 3.63) is 77.7 Å². The average molecular weight is 349 g/mol. The number of imidazole rings is 1. The summed E-state index contributed by atoms with van der Waals surface area (Å²) >= 11 is 5.97. The van der Waals surface area contributed by atoms with E-state index in [0.717, 1.165) is 28.2 Å². The third-order valence-corrected chi connectivity index (χ3v) is 4.25. The Kier molecular flexibility index (Phi) is 3.71. The lowest BCUT2D eigenvalue weighted by Gasteiger charge is -2.06. The molecule has 0 aliphatic carbocycles. The van der Waals surface area contributed by atoms with E-state index in [4.69, 9.17) is 17.3 Å². The smallest absolute Gasteiger partial charge is 0.248 e. The van der Waals surface area contributed by atoms with Crippen LogP contribution in [0.3, 0.4) is 0 Å². The second kappa shape index (κ2) is 6.03. The molecule has 0 unspecified atom stereocenters. The first-order chi connectivity index (χ1) is 12.1. The summed E-state index contributed by atoms with van der Waals surface area (Å²) < 4.78 is 1.98. The summed E-state index contributed by atoms with van der Waals surface area (Å²) in [5.74, 6) is -0.449. The van der Waals surface area contributed by atoms with E-state index in [0.29, 0.717) is 10.6 Å². The number of benzene rings is 2. The van der Waals surface area contributed by atoms with E-state index in [1.54, 1.807) is 24.5 Å². The molecule has 2 heterocycles. The average Bonchev–Trinajstić information content (AvgIpc) is 3.05. The topological polar surface area (TPSA) is 73.3 Å². The lowest BCUT2D eigenvalue weighted by molar-refractivity contribution is 0.100.